The highest BCUT2D eigenvalue weighted by atomic mass is 35.5. The molecule has 0 atom stereocenters. The predicted molar refractivity (Wildman–Crippen MR) is 66.0 cm³/mol. The third kappa shape index (κ3) is 4.94. The van der Waals surface area contributed by atoms with Crippen molar-refractivity contribution < 1.29 is 8.42 Å². The van der Waals surface area contributed by atoms with Gasteiger partial charge in [-0.1, -0.05) is 23.7 Å². The van der Waals surface area contributed by atoms with Crippen LogP contribution >= 0.6 is 11.6 Å². The fraction of sp³-hybridized carbons (Fsp3) is 0.400. The van der Waals surface area contributed by atoms with Crippen LogP contribution in [0.3, 0.4) is 0 Å². The summed E-state index contributed by atoms with van der Waals surface area (Å²) in [4.78, 5) is 0. The molecule has 6 heteroatoms. The summed E-state index contributed by atoms with van der Waals surface area (Å²) in [5.41, 5.74) is 1.04. The topological polar surface area (TPSA) is 58.2 Å². The highest BCUT2D eigenvalue weighted by Gasteiger charge is 2.05. The molecular formula is C10H15ClN2O2S. The number of benzene rings is 1. The molecule has 0 saturated heterocycles. The van der Waals surface area contributed by atoms with Gasteiger partial charge in [-0.05, 0) is 24.7 Å². The molecule has 0 aliphatic heterocycles. The second kappa shape index (κ2) is 6.20. The van der Waals surface area contributed by atoms with E-state index in [1.807, 2.05) is 18.2 Å². The van der Waals surface area contributed by atoms with Crippen LogP contribution in [0, 0.1) is 0 Å². The van der Waals surface area contributed by atoms with Crippen molar-refractivity contribution in [3.8, 4) is 0 Å². The van der Waals surface area contributed by atoms with Crippen molar-refractivity contribution in [1.29, 1.82) is 0 Å². The molecule has 0 fully saturated rings. The van der Waals surface area contributed by atoms with Crippen LogP contribution in [0.1, 0.15) is 5.56 Å². The zero-order chi connectivity index (χ0) is 12.0. The minimum absolute atomic E-state index is 0.0735. The lowest BCUT2D eigenvalue weighted by molar-refractivity contribution is 0.583. The molecule has 4 nitrogen and oxygen atoms in total. The second-order valence-corrected chi connectivity index (χ2v) is 5.81. The number of hydrogen-bond donors (Lipinski definition) is 2. The van der Waals surface area contributed by atoms with E-state index >= 15 is 0 Å². The monoisotopic (exact) mass is 262 g/mol. The molecule has 1 rings (SSSR count). The lowest BCUT2D eigenvalue weighted by Gasteiger charge is -2.05. The third-order valence-corrected chi connectivity index (χ3v) is 3.68. The molecule has 0 spiro atoms. The van der Waals surface area contributed by atoms with Crippen LogP contribution in [-0.2, 0) is 16.6 Å². The Labute approximate surface area is 101 Å². The molecule has 0 radical (unpaired) electrons. The van der Waals surface area contributed by atoms with E-state index < -0.39 is 10.0 Å². The molecule has 1 aromatic carbocycles. The van der Waals surface area contributed by atoms with Crippen LogP contribution in [-0.4, -0.2) is 27.8 Å². The van der Waals surface area contributed by atoms with Crippen molar-refractivity contribution in [2.24, 2.45) is 0 Å². The van der Waals surface area contributed by atoms with E-state index in [1.165, 1.54) is 7.05 Å². The number of nitrogens with one attached hydrogen (secondary N) is 2. The average molecular weight is 263 g/mol. The SMILES string of the molecule is CNS(=O)(=O)CCNCc1cccc(Cl)c1. The summed E-state index contributed by atoms with van der Waals surface area (Å²) in [5, 5.41) is 3.72. The molecule has 0 aliphatic carbocycles. The number of sulfonamides is 1. The van der Waals surface area contributed by atoms with Gasteiger partial charge in [0, 0.05) is 18.1 Å². The lowest BCUT2D eigenvalue weighted by Crippen LogP contribution is -2.29. The maximum atomic E-state index is 11.1. The Hall–Kier alpha value is -0.620. The van der Waals surface area contributed by atoms with Crippen LogP contribution in [0.5, 0.6) is 0 Å². The Bertz CT molecular complexity index is 434. The average Bonchev–Trinajstić information content (AvgIpc) is 2.25. The standard InChI is InChI=1S/C10H15ClN2O2S/c1-12-16(14,15)6-5-13-8-9-3-2-4-10(11)7-9/h2-4,7,12-13H,5-6,8H2,1H3. The van der Waals surface area contributed by atoms with Crippen molar-refractivity contribution in [3.63, 3.8) is 0 Å². The van der Waals surface area contributed by atoms with Crippen molar-refractivity contribution in [1.82, 2.24) is 10.0 Å². The van der Waals surface area contributed by atoms with E-state index in [1.54, 1.807) is 6.07 Å². The summed E-state index contributed by atoms with van der Waals surface area (Å²) in [6, 6.07) is 7.45. The highest BCUT2D eigenvalue weighted by molar-refractivity contribution is 7.89. The van der Waals surface area contributed by atoms with Crippen LogP contribution < -0.4 is 10.0 Å². The van der Waals surface area contributed by atoms with E-state index in [2.05, 4.69) is 10.0 Å². The molecule has 0 aromatic heterocycles. The first-order valence-electron chi connectivity index (χ1n) is 4.90. The Morgan fingerprint density at radius 3 is 2.75 bits per heavy atom. The molecule has 0 unspecified atom stereocenters. The lowest BCUT2D eigenvalue weighted by atomic mass is 10.2. The fourth-order valence-corrected chi connectivity index (χ4v) is 2.02. The van der Waals surface area contributed by atoms with Crippen LogP contribution in [0.2, 0.25) is 5.02 Å². The van der Waals surface area contributed by atoms with Gasteiger partial charge in [-0.25, -0.2) is 13.1 Å². The van der Waals surface area contributed by atoms with Crippen molar-refractivity contribution in [3.05, 3.63) is 34.9 Å². The van der Waals surface area contributed by atoms with Gasteiger partial charge in [-0.15, -0.1) is 0 Å². The van der Waals surface area contributed by atoms with Crippen molar-refractivity contribution >= 4 is 21.6 Å². The third-order valence-electron chi connectivity index (χ3n) is 2.08. The molecule has 0 saturated carbocycles. The Balaban J connectivity index is 2.32. The van der Waals surface area contributed by atoms with Gasteiger partial charge in [-0.2, -0.15) is 0 Å². The van der Waals surface area contributed by atoms with Gasteiger partial charge >= 0.3 is 0 Å². The Morgan fingerprint density at radius 2 is 2.12 bits per heavy atom. The van der Waals surface area contributed by atoms with Gasteiger partial charge in [0.25, 0.3) is 0 Å². The predicted octanol–water partition coefficient (Wildman–Crippen LogP) is 0.979. The van der Waals surface area contributed by atoms with E-state index in [4.69, 9.17) is 11.6 Å². The molecule has 2 N–H and O–H groups in total. The summed E-state index contributed by atoms with van der Waals surface area (Å²) in [5.74, 6) is 0.0735. The van der Waals surface area contributed by atoms with Crippen molar-refractivity contribution in [2.75, 3.05) is 19.3 Å². The fourth-order valence-electron chi connectivity index (χ4n) is 1.19. The van der Waals surface area contributed by atoms with Gasteiger partial charge in [0.05, 0.1) is 5.75 Å². The molecule has 90 valence electrons. The summed E-state index contributed by atoms with van der Waals surface area (Å²) >= 11 is 5.82. The van der Waals surface area contributed by atoms with E-state index in [-0.39, 0.29) is 5.75 Å². The molecular weight excluding hydrogens is 248 g/mol. The first kappa shape index (κ1) is 13.4. The molecule has 1 aromatic rings. The number of hydrogen-bond acceptors (Lipinski definition) is 3. The van der Waals surface area contributed by atoms with E-state index in [0.29, 0.717) is 18.1 Å². The minimum Gasteiger partial charge on any atom is -0.312 e. The number of halogens is 1. The smallest absolute Gasteiger partial charge is 0.212 e. The minimum atomic E-state index is -3.12. The molecule has 0 heterocycles. The zero-order valence-electron chi connectivity index (χ0n) is 9.03. The molecule has 0 aliphatic rings. The maximum absolute atomic E-state index is 11.1. The van der Waals surface area contributed by atoms with Gasteiger partial charge in [0.15, 0.2) is 0 Å². The normalized spacial score (nSPS) is 11.6. The van der Waals surface area contributed by atoms with Crippen molar-refractivity contribution in [2.45, 2.75) is 6.54 Å². The summed E-state index contributed by atoms with van der Waals surface area (Å²) < 4.78 is 24.4. The van der Waals surface area contributed by atoms with Gasteiger partial charge in [0.1, 0.15) is 0 Å². The van der Waals surface area contributed by atoms with Crippen LogP contribution in [0.25, 0.3) is 0 Å². The summed E-state index contributed by atoms with van der Waals surface area (Å²) in [6.45, 7) is 1.02. The molecule has 16 heavy (non-hydrogen) atoms. The Morgan fingerprint density at radius 1 is 1.38 bits per heavy atom. The van der Waals surface area contributed by atoms with E-state index in [9.17, 15) is 8.42 Å². The van der Waals surface area contributed by atoms with Gasteiger partial charge in [-0.3, -0.25) is 0 Å². The second-order valence-electron chi connectivity index (χ2n) is 3.33. The first-order valence-corrected chi connectivity index (χ1v) is 6.93. The van der Waals surface area contributed by atoms with E-state index in [0.717, 1.165) is 5.56 Å². The van der Waals surface area contributed by atoms with Gasteiger partial charge in [0.2, 0.25) is 10.0 Å². The summed E-state index contributed by atoms with van der Waals surface area (Å²) in [7, 11) is -1.71. The van der Waals surface area contributed by atoms with Gasteiger partial charge < -0.3 is 5.32 Å². The van der Waals surface area contributed by atoms with Crippen LogP contribution in [0.15, 0.2) is 24.3 Å². The molecule has 0 amide bonds. The highest BCUT2D eigenvalue weighted by Crippen LogP contribution is 2.09. The summed E-state index contributed by atoms with van der Waals surface area (Å²) in [6.07, 6.45) is 0. The Kier molecular flexibility index (Phi) is 5.21. The first-order chi connectivity index (χ1) is 7.53. The van der Waals surface area contributed by atoms with Crippen LogP contribution in [0.4, 0.5) is 0 Å². The quantitative estimate of drug-likeness (QED) is 0.752. The largest absolute Gasteiger partial charge is 0.312 e. The number of rotatable bonds is 6. The zero-order valence-corrected chi connectivity index (χ0v) is 10.6. The molecule has 0 bridgehead atoms. The maximum Gasteiger partial charge on any atom is 0.212 e.